The van der Waals surface area contributed by atoms with Crippen LogP contribution in [-0.2, 0) is 6.54 Å². The Morgan fingerprint density at radius 3 is 2.63 bits per heavy atom. The van der Waals surface area contributed by atoms with Gasteiger partial charge in [0.1, 0.15) is 0 Å². The number of rotatable bonds is 4. The lowest BCUT2D eigenvalue weighted by Crippen LogP contribution is -2.23. The Morgan fingerprint density at radius 1 is 1.07 bits per heavy atom. The molecule has 0 unspecified atom stereocenters. The number of nitriles is 1. The Balaban J connectivity index is 1.61. The lowest BCUT2D eigenvalue weighted by atomic mass is 9.98. The molecule has 1 amide bonds. The molecule has 1 aliphatic carbocycles. The zero-order chi connectivity index (χ0) is 18.8. The first-order valence-corrected chi connectivity index (χ1v) is 9.39. The predicted octanol–water partition coefficient (Wildman–Crippen LogP) is 4.44. The summed E-state index contributed by atoms with van der Waals surface area (Å²) in [5.74, 6) is 1.28. The molecule has 0 radical (unpaired) electrons. The highest BCUT2D eigenvalue weighted by Gasteiger charge is 2.29. The van der Waals surface area contributed by atoms with E-state index in [0.717, 1.165) is 24.1 Å². The van der Waals surface area contributed by atoms with Gasteiger partial charge in [-0.25, -0.2) is 0 Å². The Hall–Kier alpha value is -3.00. The third kappa shape index (κ3) is 3.35. The molecule has 5 heteroatoms. The molecule has 2 aromatic carbocycles. The normalized spacial score (nSPS) is 16.7. The van der Waals surface area contributed by atoms with Crippen LogP contribution in [0.4, 0.5) is 5.69 Å². The van der Waals surface area contributed by atoms with Gasteiger partial charge in [0.05, 0.1) is 31.4 Å². The minimum absolute atomic E-state index is 0.0871. The zero-order valence-corrected chi connectivity index (χ0v) is 15.4. The molecule has 0 saturated heterocycles. The maximum absolute atomic E-state index is 12.9. The molecular formula is C22H22N2O3. The van der Waals surface area contributed by atoms with Gasteiger partial charge in [0.15, 0.2) is 11.5 Å². The van der Waals surface area contributed by atoms with E-state index in [1.165, 1.54) is 19.3 Å². The summed E-state index contributed by atoms with van der Waals surface area (Å²) < 4.78 is 11.7. The van der Waals surface area contributed by atoms with Crippen molar-refractivity contribution in [3.8, 4) is 17.6 Å². The molecule has 1 saturated carbocycles. The number of anilines is 1. The summed E-state index contributed by atoms with van der Waals surface area (Å²) in [4.78, 5) is 14.6. The number of nitrogens with zero attached hydrogens (tertiary/aromatic N) is 2. The van der Waals surface area contributed by atoms with Crippen molar-refractivity contribution in [2.24, 2.45) is 0 Å². The van der Waals surface area contributed by atoms with E-state index < -0.39 is 0 Å². The molecule has 0 spiro atoms. The van der Waals surface area contributed by atoms with Crippen molar-refractivity contribution >= 4 is 11.6 Å². The van der Waals surface area contributed by atoms with Gasteiger partial charge in [0.2, 0.25) is 0 Å². The molecule has 2 aromatic rings. The van der Waals surface area contributed by atoms with Gasteiger partial charge in [-0.05, 0) is 55.5 Å². The minimum Gasteiger partial charge on any atom is -0.493 e. The summed E-state index contributed by atoms with van der Waals surface area (Å²) >= 11 is 0. The van der Waals surface area contributed by atoms with Crippen LogP contribution in [0, 0.1) is 11.3 Å². The van der Waals surface area contributed by atoms with Crippen LogP contribution in [0.25, 0.3) is 0 Å². The number of carbonyl (C=O) groups excluding carboxylic acids is 1. The number of carbonyl (C=O) groups is 1. The molecule has 1 aliphatic heterocycles. The Morgan fingerprint density at radius 2 is 1.89 bits per heavy atom. The van der Waals surface area contributed by atoms with Gasteiger partial charge in [0.25, 0.3) is 5.91 Å². The maximum Gasteiger partial charge on any atom is 0.258 e. The Bertz CT molecular complexity index is 910. The van der Waals surface area contributed by atoms with Crippen LogP contribution >= 0.6 is 0 Å². The molecule has 0 bridgehead atoms. The van der Waals surface area contributed by atoms with Gasteiger partial charge in [-0.1, -0.05) is 12.5 Å². The minimum atomic E-state index is -0.0871. The van der Waals surface area contributed by atoms with Crippen LogP contribution in [-0.4, -0.2) is 19.1 Å². The fraction of sp³-hybridized carbons (Fsp3) is 0.364. The molecule has 1 fully saturated rings. The van der Waals surface area contributed by atoms with Crippen LogP contribution in [0.3, 0.4) is 0 Å². The van der Waals surface area contributed by atoms with Crippen LogP contribution in [0.1, 0.15) is 53.6 Å². The molecule has 27 heavy (non-hydrogen) atoms. The van der Waals surface area contributed by atoms with Gasteiger partial charge < -0.3 is 14.4 Å². The highest BCUT2D eigenvalue weighted by Crippen LogP contribution is 2.37. The standard InChI is InChI=1S/C22H22N2O3/c1-26-20-10-9-17(12-21(20)27-18-5-3-2-4-6-18)24-14-16-8-7-15(13-23)11-19(16)22(24)25/h7-12,18H,2-6,14H2,1H3. The number of benzene rings is 2. The number of ether oxygens (including phenoxy) is 2. The Kier molecular flexibility index (Phi) is 4.72. The lowest BCUT2D eigenvalue weighted by molar-refractivity contribution is 0.0996. The maximum atomic E-state index is 12.9. The number of fused-ring (bicyclic) bond motifs is 1. The van der Waals surface area contributed by atoms with Crippen LogP contribution in [0.15, 0.2) is 36.4 Å². The van der Waals surface area contributed by atoms with Gasteiger partial charge in [-0.15, -0.1) is 0 Å². The smallest absolute Gasteiger partial charge is 0.258 e. The second-order valence-corrected chi connectivity index (χ2v) is 7.09. The summed E-state index contributed by atoms with van der Waals surface area (Å²) in [6.07, 6.45) is 5.95. The molecule has 138 valence electrons. The summed E-state index contributed by atoms with van der Waals surface area (Å²) in [6, 6.07) is 13.0. The van der Waals surface area contributed by atoms with E-state index in [-0.39, 0.29) is 12.0 Å². The molecule has 0 aromatic heterocycles. The molecule has 4 rings (SSSR count). The van der Waals surface area contributed by atoms with E-state index in [0.29, 0.717) is 29.2 Å². The van der Waals surface area contributed by atoms with Gasteiger partial charge in [0, 0.05) is 17.3 Å². The monoisotopic (exact) mass is 362 g/mol. The van der Waals surface area contributed by atoms with Crippen LogP contribution in [0.5, 0.6) is 11.5 Å². The molecule has 2 aliphatic rings. The van der Waals surface area contributed by atoms with Crippen molar-refractivity contribution in [3.63, 3.8) is 0 Å². The molecule has 0 N–H and O–H groups in total. The SMILES string of the molecule is COc1ccc(N2Cc3ccc(C#N)cc3C2=O)cc1OC1CCCCC1. The fourth-order valence-electron chi connectivity index (χ4n) is 3.87. The van der Waals surface area contributed by atoms with E-state index in [2.05, 4.69) is 6.07 Å². The van der Waals surface area contributed by atoms with E-state index in [4.69, 9.17) is 14.7 Å². The highest BCUT2D eigenvalue weighted by molar-refractivity contribution is 6.10. The van der Waals surface area contributed by atoms with Crippen molar-refractivity contribution < 1.29 is 14.3 Å². The summed E-state index contributed by atoms with van der Waals surface area (Å²) in [5.41, 5.74) is 2.81. The quantitative estimate of drug-likeness (QED) is 0.807. The van der Waals surface area contributed by atoms with E-state index >= 15 is 0 Å². The lowest BCUT2D eigenvalue weighted by Gasteiger charge is -2.25. The summed E-state index contributed by atoms with van der Waals surface area (Å²) in [7, 11) is 1.63. The molecule has 5 nitrogen and oxygen atoms in total. The van der Waals surface area contributed by atoms with Crippen molar-refractivity contribution in [2.75, 3.05) is 12.0 Å². The van der Waals surface area contributed by atoms with Gasteiger partial charge >= 0.3 is 0 Å². The second kappa shape index (κ2) is 7.32. The number of methoxy groups -OCH3 is 1. The fourth-order valence-corrected chi connectivity index (χ4v) is 3.87. The average molecular weight is 362 g/mol. The topological polar surface area (TPSA) is 62.6 Å². The number of hydrogen-bond donors (Lipinski definition) is 0. The predicted molar refractivity (Wildman–Crippen MR) is 102 cm³/mol. The highest BCUT2D eigenvalue weighted by atomic mass is 16.5. The van der Waals surface area contributed by atoms with Crippen molar-refractivity contribution in [1.29, 1.82) is 5.26 Å². The summed E-state index contributed by atoms with van der Waals surface area (Å²) in [5, 5.41) is 9.08. The summed E-state index contributed by atoms with van der Waals surface area (Å²) in [6.45, 7) is 0.495. The van der Waals surface area contributed by atoms with Crippen LogP contribution in [0.2, 0.25) is 0 Å². The van der Waals surface area contributed by atoms with Crippen molar-refractivity contribution in [1.82, 2.24) is 0 Å². The van der Waals surface area contributed by atoms with Gasteiger partial charge in [-0.3, -0.25) is 4.79 Å². The molecule has 0 atom stereocenters. The first-order valence-electron chi connectivity index (χ1n) is 9.39. The number of hydrogen-bond acceptors (Lipinski definition) is 4. The molecular weight excluding hydrogens is 340 g/mol. The number of amides is 1. The van der Waals surface area contributed by atoms with Crippen LogP contribution < -0.4 is 14.4 Å². The second-order valence-electron chi connectivity index (χ2n) is 7.09. The van der Waals surface area contributed by atoms with Crippen molar-refractivity contribution in [3.05, 3.63) is 53.1 Å². The van der Waals surface area contributed by atoms with E-state index in [1.807, 2.05) is 24.3 Å². The van der Waals surface area contributed by atoms with E-state index in [9.17, 15) is 4.79 Å². The molecule has 1 heterocycles. The zero-order valence-electron chi connectivity index (χ0n) is 15.4. The first kappa shape index (κ1) is 17.4. The Labute approximate surface area is 159 Å². The third-order valence-electron chi connectivity index (χ3n) is 5.35. The van der Waals surface area contributed by atoms with Gasteiger partial charge in [-0.2, -0.15) is 5.26 Å². The largest absolute Gasteiger partial charge is 0.493 e. The van der Waals surface area contributed by atoms with E-state index in [1.54, 1.807) is 24.1 Å². The average Bonchev–Trinajstić information content (AvgIpc) is 3.04. The van der Waals surface area contributed by atoms with Crippen molar-refractivity contribution in [2.45, 2.75) is 44.8 Å². The first-order chi connectivity index (χ1) is 13.2. The third-order valence-corrected chi connectivity index (χ3v) is 5.35.